The maximum Gasteiger partial charge on any atom is 0.246 e. The molecule has 0 bridgehead atoms. The summed E-state index contributed by atoms with van der Waals surface area (Å²) < 4.78 is 13.0. The van der Waals surface area contributed by atoms with E-state index >= 15 is 0 Å². The predicted molar refractivity (Wildman–Crippen MR) is 87.5 cm³/mol. The van der Waals surface area contributed by atoms with Crippen molar-refractivity contribution in [1.82, 2.24) is 25.2 Å². The molecule has 0 spiro atoms. The maximum absolute atomic E-state index is 12.6. The Morgan fingerprint density at radius 3 is 3.00 bits per heavy atom. The van der Waals surface area contributed by atoms with Gasteiger partial charge in [-0.2, -0.15) is 10.1 Å². The minimum Gasteiger partial charge on any atom is -0.371 e. The Balaban J connectivity index is 1.40. The number of nitrogens with zero attached hydrogens (tertiary/aromatic N) is 4. The molecule has 4 rings (SSSR count). The van der Waals surface area contributed by atoms with Gasteiger partial charge in [-0.15, -0.1) is 0 Å². The lowest BCUT2D eigenvalue weighted by Gasteiger charge is -2.20. The van der Waals surface area contributed by atoms with Gasteiger partial charge in [0.15, 0.2) is 5.82 Å². The molecule has 1 aliphatic heterocycles. The van der Waals surface area contributed by atoms with E-state index in [1.165, 1.54) is 0 Å². The van der Waals surface area contributed by atoms with Gasteiger partial charge in [0.2, 0.25) is 11.8 Å². The number of aromatic nitrogens is 4. The standard InChI is InChI=1S/C17H23N5O3/c1-10(2)22-13(5-7-19-22)15-12(6-8-24-15)17(23)18-9-14-20-16(21-25-14)11-3-4-11/h5,7,10-12,15H,3-4,6,8-9H2,1-2H3,(H,18,23)/t12-,15-/m1/s1. The van der Waals surface area contributed by atoms with Crippen molar-refractivity contribution in [2.24, 2.45) is 5.92 Å². The van der Waals surface area contributed by atoms with Crippen molar-refractivity contribution in [3.05, 3.63) is 29.7 Å². The molecule has 1 saturated heterocycles. The molecular formula is C17H23N5O3. The van der Waals surface area contributed by atoms with Gasteiger partial charge in [-0.1, -0.05) is 5.16 Å². The normalized spacial score (nSPS) is 23.3. The Hall–Kier alpha value is -2.22. The molecule has 0 unspecified atom stereocenters. The molecule has 8 heteroatoms. The Bertz CT molecular complexity index is 749. The molecule has 2 aliphatic rings. The Labute approximate surface area is 145 Å². The van der Waals surface area contributed by atoms with Crippen LogP contribution in [0.3, 0.4) is 0 Å². The average Bonchev–Trinajstić information content (AvgIpc) is 3.05. The zero-order valence-corrected chi connectivity index (χ0v) is 14.5. The van der Waals surface area contributed by atoms with Gasteiger partial charge in [-0.05, 0) is 39.2 Å². The summed E-state index contributed by atoms with van der Waals surface area (Å²) in [6.07, 6.45) is 4.42. The quantitative estimate of drug-likeness (QED) is 0.861. The van der Waals surface area contributed by atoms with Crippen LogP contribution in [0.25, 0.3) is 0 Å². The smallest absolute Gasteiger partial charge is 0.246 e. The van der Waals surface area contributed by atoms with E-state index in [0.29, 0.717) is 24.8 Å². The van der Waals surface area contributed by atoms with Gasteiger partial charge in [0.25, 0.3) is 0 Å². The summed E-state index contributed by atoms with van der Waals surface area (Å²) in [6, 6.07) is 2.15. The number of hydrogen-bond acceptors (Lipinski definition) is 6. The van der Waals surface area contributed by atoms with Crippen molar-refractivity contribution in [2.75, 3.05) is 6.61 Å². The Morgan fingerprint density at radius 2 is 2.24 bits per heavy atom. The Kier molecular flexibility index (Phi) is 4.29. The highest BCUT2D eigenvalue weighted by Gasteiger charge is 2.37. The second-order valence-electron chi connectivity index (χ2n) is 7.02. The van der Waals surface area contributed by atoms with E-state index in [1.54, 1.807) is 6.20 Å². The SMILES string of the molecule is CC(C)n1nccc1[C@@H]1OCC[C@H]1C(=O)NCc1nc(C2CC2)no1. The number of carbonyl (C=O) groups is 1. The average molecular weight is 345 g/mol. The van der Waals surface area contributed by atoms with Gasteiger partial charge < -0.3 is 14.6 Å². The highest BCUT2D eigenvalue weighted by molar-refractivity contribution is 5.79. The van der Waals surface area contributed by atoms with Crippen molar-refractivity contribution in [1.29, 1.82) is 0 Å². The molecule has 0 radical (unpaired) electrons. The lowest BCUT2D eigenvalue weighted by molar-refractivity contribution is -0.127. The van der Waals surface area contributed by atoms with Crippen LogP contribution in [0.1, 0.15) is 68.6 Å². The third kappa shape index (κ3) is 3.30. The molecule has 2 aromatic heterocycles. The van der Waals surface area contributed by atoms with Gasteiger partial charge in [0.1, 0.15) is 6.10 Å². The van der Waals surface area contributed by atoms with Crippen molar-refractivity contribution in [3.8, 4) is 0 Å². The van der Waals surface area contributed by atoms with Gasteiger partial charge in [-0.3, -0.25) is 9.48 Å². The van der Waals surface area contributed by atoms with Crippen LogP contribution in [0, 0.1) is 5.92 Å². The summed E-state index contributed by atoms with van der Waals surface area (Å²) in [5.41, 5.74) is 0.946. The maximum atomic E-state index is 12.6. The summed E-state index contributed by atoms with van der Waals surface area (Å²) in [5, 5.41) is 11.2. The summed E-state index contributed by atoms with van der Waals surface area (Å²) in [4.78, 5) is 17.0. The first kappa shape index (κ1) is 16.3. The molecule has 3 heterocycles. The minimum atomic E-state index is -0.269. The molecular weight excluding hydrogens is 322 g/mol. The monoisotopic (exact) mass is 345 g/mol. The largest absolute Gasteiger partial charge is 0.371 e. The first-order valence-corrected chi connectivity index (χ1v) is 8.88. The molecule has 1 saturated carbocycles. The molecule has 2 fully saturated rings. The molecule has 134 valence electrons. The molecule has 1 amide bonds. The summed E-state index contributed by atoms with van der Waals surface area (Å²) in [5.74, 6) is 1.37. The number of hydrogen-bond donors (Lipinski definition) is 1. The topological polar surface area (TPSA) is 95.1 Å². The lowest BCUT2D eigenvalue weighted by Crippen LogP contribution is -2.32. The number of rotatable bonds is 6. The highest BCUT2D eigenvalue weighted by atomic mass is 16.5. The summed E-state index contributed by atoms with van der Waals surface area (Å²) >= 11 is 0. The van der Waals surface area contributed by atoms with Gasteiger partial charge in [-0.25, -0.2) is 0 Å². The number of carbonyl (C=O) groups excluding carboxylic acids is 1. The fourth-order valence-electron chi connectivity index (χ4n) is 3.27. The van der Waals surface area contributed by atoms with Gasteiger partial charge in [0.05, 0.1) is 18.2 Å². The van der Waals surface area contributed by atoms with Crippen LogP contribution < -0.4 is 5.32 Å². The van der Waals surface area contributed by atoms with E-state index in [9.17, 15) is 4.79 Å². The van der Waals surface area contributed by atoms with Crippen molar-refractivity contribution < 1.29 is 14.1 Å². The van der Waals surface area contributed by atoms with Crippen LogP contribution in [0.15, 0.2) is 16.8 Å². The van der Waals surface area contributed by atoms with Crippen LogP contribution in [0.4, 0.5) is 0 Å². The number of amides is 1. The van der Waals surface area contributed by atoms with Crippen molar-refractivity contribution >= 4 is 5.91 Å². The summed E-state index contributed by atoms with van der Waals surface area (Å²) in [6.45, 7) is 4.95. The zero-order chi connectivity index (χ0) is 17.4. The van der Waals surface area contributed by atoms with E-state index in [0.717, 1.165) is 24.4 Å². The molecule has 0 aromatic carbocycles. The van der Waals surface area contributed by atoms with E-state index in [1.807, 2.05) is 10.7 Å². The fraction of sp³-hybridized carbons (Fsp3) is 0.647. The van der Waals surface area contributed by atoms with Crippen LogP contribution in [-0.2, 0) is 16.1 Å². The molecule has 1 aliphatic carbocycles. The third-order valence-electron chi connectivity index (χ3n) is 4.75. The van der Waals surface area contributed by atoms with Gasteiger partial charge in [0, 0.05) is 24.8 Å². The predicted octanol–water partition coefficient (Wildman–Crippen LogP) is 2.12. The molecule has 1 N–H and O–H groups in total. The molecule has 25 heavy (non-hydrogen) atoms. The lowest BCUT2D eigenvalue weighted by atomic mass is 9.97. The van der Waals surface area contributed by atoms with Crippen LogP contribution in [-0.4, -0.2) is 32.4 Å². The van der Waals surface area contributed by atoms with E-state index in [2.05, 4.69) is 34.4 Å². The third-order valence-corrected chi connectivity index (χ3v) is 4.75. The summed E-state index contributed by atoms with van der Waals surface area (Å²) in [7, 11) is 0. The van der Waals surface area contributed by atoms with E-state index in [-0.39, 0.29) is 30.5 Å². The fourth-order valence-corrected chi connectivity index (χ4v) is 3.27. The van der Waals surface area contributed by atoms with Crippen LogP contribution in [0.5, 0.6) is 0 Å². The van der Waals surface area contributed by atoms with E-state index < -0.39 is 0 Å². The minimum absolute atomic E-state index is 0.0508. The molecule has 8 nitrogen and oxygen atoms in total. The second kappa shape index (κ2) is 6.59. The number of nitrogens with one attached hydrogen (secondary N) is 1. The van der Waals surface area contributed by atoms with Gasteiger partial charge >= 0.3 is 0 Å². The zero-order valence-electron chi connectivity index (χ0n) is 14.5. The first-order chi connectivity index (χ1) is 12.1. The van der Waals surface area contributed by atoms with Crippen molar-refractivity contribution in [3.63, 3.8) is 0 Å². The molecule has 2 atom stereocenters. The van der Waals surface area contributed by atoms with Crippen molar-refractivity contribution in [2.45, 2.75) is 57.7 Å². The highest BCUT2D eigenvalue weighted by Crippen LogP contribution is 2.38. The van der Waals surface area contributed by atoms with Crippen LogP contribution in [0.2, 0.25) is 0 Å². The van der Waals surface area contributed by atoms with E-state index in [4.69, 9.17) is 9.26 Å². The molecule has 2 aromatic rings. The Morgan fingerprint density at radius 1 is 1.40 bits per heavy atom. The first-order valence-electron chi connectivity index (χ1n) is 8.88. The second-order valence-corrected chi connectivity index (χ2v) is 7.02. The number of ether oxygens (including phenoxy) is 1. The van der Waals surface area contributed by atoms with Crippen LogP contribution >= 0.6 is 0 Å².